The van der Waals surface area contributed by atoms with E-state index in [1.807, 2.05) is 0 Å². The summed E-state index contributed by atoms with van der Waals surface area (Å²) in [6, 6.07) is 1.25. The van der Waals surface area contributed by atoms with Crippen LogP contribution in [0.5, 0.6) is 0 Å². The maximum Gasteiger partial charge on any atom is 0.337 e. The minimum Gasteiger partial charge on any atom is -0.478 e. The number of rotatable bonds is 5. The minimum atomic E-state index is -1.43. The van der Waals surface area contributed by atoms with E-state index in [4.69, 9.17) is 5.11 Å². The van der Waals surface area contributed by atoms with Crippen LogP contribution >= 0.6 is 0 Å². The molecule has 0 radical (unpaired) electrons. The molecule has 1 aromatic carbocycles. The molecule has 0 bridgehead atoms. The van der Waals surface area contributed by atoms with Crippen LogP contribution in [-0.4, -0.2) is 30.1 Å². The van der Waals surface area contributed by atoms with Crippen molar-refractivity contribution in [2.45, 2.75) is 19.3 Å². The number of amides is 1. The van der Waals surface area contributed by atoms with Gasteiger partial charge in [-0.25, -0.2) is 13.6 Å². The lowest BCUT2D eigenvalue weighted by Crippen LogP contribution is -2.17. The molecular weight excluding hydrogens is 282 g/mol. The Hall–Kier alpha value is -2.02. The van der Waals surface area contributed by atoms with Gasteiger partial charge in [-0.05, 0) is 37.9 Å². The van der Waals surface area contributed by atoms with Crippen molar-refractivity contribution in [2.24, 2.45) is 5.92 Å². The van der Waals surface area contributed by atoms with E-state index in [1.54, 1.807) is 0 Å². The van der Waals surface area contributed by atoms with E-state index in [9.17, 15) is 18.4 Å². The fourth-order valence-corrected chi connectivity index (χ4v) is 2.34. The first-order valence-electron chi connectivity index (χ1n) is 6.70. The number of hydrogen-bond donors (Lipinski definition) is 3. The first-order valence-corrected chi connectivity index (χ1v) is 6.70. The molecule has 1 amide bonds. The fraction of sp³-hybridized carbons (Fsp3) is 0.429. The zero-order valence-electron chi connectivity index (χ0n) is 11.3. The molecule has 3 N–H and O–H groups in total. The van der Waals surface area contributed by atoms with Crippen LogP contribution in [0.2, 0.25) is 0 Å². The van der Waals surface area contributed by atoms with Crippen molar-refractivity contribution in [3.63, 3.8) is 0 Å². The normalized spacial score (nSPS) is 17.7. The molecule has 0 saturated carbocycles. The highest BCUT2D eigenvalue weighted by Crippen LogP contribution is 2.21. The Bertz CT molecular complexity index is 557. The Labute approximate surface area is 120 Å². The molecule has 0 spiro atoms. The fourth-order valence-electron chi connectivity index (χ4n) is 2.34. The maximum atomic E-state index is 13.2. The predicted molar refractivity (Wildman–Crippen MR) is 72.2 cm³/mol. The van der Waals surface area contributed by atoms with Crippen molar-refractivity contribution in [2.75, 3.05) is 18.4 Å². The third-order valence-electron chi connectivity index (χ3n) is 3.51. The second-order valence-corrected chi connectivity index (χ2v) is 5.06. The van der Waals surface area contributed by atoms with Gasteiger partial charge in [-0.1, -0.05) is 0 Å². The molecule has 0 aliphatic carbocycles. The van der Waals surface area contributed by atoms with Gasteiger partial charge >= 0.3 is 5.97 Å². The zero-order valence-corrected chi connectivity index (χ0v) is 11.3. The van der Waals surface area contributed by atoms with Crippen LogP contribution in [0.4, 0.5) is 14.5 Å². The van der Waals surface area contributed by atoms with Crippen LogP contribution in [0.15, 0.2) is 12.1 Å². The van der Waals surface area contributed by atoms with E-state index < -0.39 is 29.1 Å². The van der Waals surface area contributed by atoms with Gasteiger partial charge in [0.25, 0.3) is 0 Å². The number of benzene rings is 1. The van der Waals surface area contributed by atoms with Crippen LogP contribution in [0.1, 0.15) is 29.6 Å². The van der Waals surface area contributed by atoms with Gasteiger partial charge in [0.1, 0.15) is 0 Å². The lowest BCUT2D eigenvalue weighted by molar-refractivity contribution is -0.116. The summed E-state index contributed by atoms with van der Waals surface area (Å²) in [5, 5.41) is 14.5. The van der Waals surface area contributed by atoms with Gasteiger partial charge in [0.15, 0.2) is 11.6 Å². The van der Waals surface area contributed by atoms with E-state index in [0.29, 0.717) is 24.5 Å². The van der Waals surface area contributed by atoms with Crippen LogP contribution < -0.4 is 10.6 Å². The second-order valence-electron chi connectivity index (χ2n) is 5.06. The van der Waals surface area contributed by atoms with Gasteiger partial charge in [-0.2, -0.15) is 0 Å². The highest BCUT2D eigenvalue weighted by Gasteiger charge is 2.19. The summed E-state index contributed by atoms with van der Waals surface area (Å²) in [5.41, 5.74) is -0.694. The highest BCUT2D eigenvalue weighted by molar-refractivity contribution is 6.00. The van der Waals surface area contributed by atoms with Crippen molar-refractivity contribution >= 4 is 17.6 Å². The lowest BCUT2D eigenvalue weighted by Gasteiger charge is -2.11. The SMILES string of the molecule is O=C(CCC1CCNC1)Nc1cc(F)c(F)cc1C(=O)O. The molecule has 1 aliphatic heterocycles. The molecule has 1 aromatic rings. The summed E-state index contributed by atoms with van der Waals surface area (Å²) in [6.07, 6.45) is 1.88. The van der Waals surface area contributed by atoms with Gasteiger partial charge < -0.3 is 15.7 Å². The van der Waals surface area contributed by atoms with Gasteiger partial charge in [0.05, 0.1) is 11.3 Å². The number of nitrogens with one attached hydrogen (secondary N) is 2. The number of aromatic carboxylic acids is 1. The molecule has 0 aromatic heterocycles. The van der Waals surface area contributed by atoms with Gasteiger partial charge in [0.2, 0.25) is 5.91 Å². The Morgan fingerprint density at radius 1 is 1.33 bits per heavy atom. The first-order chi connectivity index (χ1) is 9.97. The maximum absolute atomic E-state index is 13.2. The van der Waals surface area contributed by atoms with Gasteiger partial charge in [-0.3, -0.25) is 4.79 Å². The summed E-state index contributed by atoms with van der Waals surface area (Å²) in [4.78, 5) is 22.8. The third kappa shape index (κ3) is 3.98. The highest BCUT2D eigenvalue weighted by atomic mass is 19.2. The van der Waals surface area contributed by atoms with E-state index in [2.05, 4.69) is 10.6 Å². The molecule has 1 saturated heterocycles. The molecule has 5 nitrogen and oxygen atoms in total. The monoisotopic (exact) mass is 298 g/mol. The lowest BCUT2D eigenvalue weighted by atomic mass is 10.0. The first kappa shape index (κ1) is 15.4. The number of anilines is 1. The van der Waals surface area contributed by atoms with E-state index in [0.717, 1.165) is 19.5 Å². The average Bonchev–Trinajstić information content (AvgIpc) is 2.93. The zero-order chi connectivity index (χ0) is 15.4. The van der Waals surface area contributed by atoms with Crippen LogP contribution in [0, 0.1) is 17.6 Å². The molecule has 1 aliphatic rings. The number of carbonyl (C=O) groups is 2. The third-order valence-corrected chi connectivity index (χ3v) is 3.51. The Morgan fingerprint density at radius 3 is 2.67 bits per heavy atom. The summed E-state index contributed by atoms with van der Waals surface area (Å²) < 4.78 is 26.2. The van der Waals surface area contributed by atoms with Crippen molar-refractivity contribution < 1.29 is 23.5 Å². The Morgan fingerprint density at radius 2 is 2.05 bits per heavy atom. The summed E-state index contributed by atoms with van der Waals surface area (Å²) in [6.45, 7) is 1.79. The molecule has 1 atom stereocenters. The number of carbonyl (C=O) groups excluding carboxylic acids is 1. The minimum absolute atomic E-state index is 0.213. The number of hydrogen-bond acceptors (Lipinski definition) is 3. The van der Waals surface area contributed by atoms with Gasteiger partial charge in [-0.15, -0.1) is 0 Å². The molecule has 2 rings (SSSR count). The average molecular weight is 298 g/mol. The smallest absolute Gasteiger partial charge is 0.337 e. The van der Waals surface area contributed by atoms with Crippen molar-refractivity contribution in [1.29, 1.82) is 0 Å². The quantitative estimate of drug-likeness (QED) is 0.777. The molecule has 1 heterocycles. The molecular formula is C14H16F2N2O3. The molecule has 114 valence electrons. The number of carboxylic acids is 1. The van der Waals surface area contributed by atoms with Crippen molar-refractivity contribution in [3.8, 4) is 0 Å². The summed E-state index contributed by atoms with van der Waals surface area (Å²) >= 11 is 0. The second kappa shape index (κ2) is 6.62. The van der Waals surface area contributed by atoms with Crippen molar-refractivity contribution in [1.82, 2.24) is 5.32 Å². The largest absolute Gasteiger partial charge is 0.478 e. The molecule has 7 heteroatoms. The van der Waals surface area contributed by atoms with Crippen LogP contribution in [0.3, 0.4) is 0 Å². The standard InChI is InChI=1S/C14H16F2N2O3/c15-10-5-9(14(20)21)12(6-11(10)16)18-13(19)2-1-8-3-4-17-7-8/h5-6,8,17H,1-4,7H2,(H,18,19)(H,20,21). The topological polar surface area (TPSA) is 78.4 Å². The molecule has 1 unspecified atom stereocenters. The predicted octanol–water partition coefficient (Wildman–Crippen LogP) is 1.99. The van der Waals surface area contributed by atoms with E-state index >= 15 is 0 Å². The van der Waals surface area contributed by atoms with Crippen molar-refractivity contribution in [3.05, 3.63) is 29.3 Å². The van der Waals surface area contributed by atoms with Crippen LogP contribution in [-0.2, 0) is 4.79 Å². The summed E-state index contributed by atoms with van der Waals surface area (Å²) in [7, 11) is 0. The number of carboxylic acid groups (broad SMARTS) is 1. The van der Waals surface area contributed by atoms with Gasteiger partial charge in [0, 0.05) is 12.5 Å². The van der Waals surface area contributed by atoms with E-state index in [-0.39, 0.29) is 12.1 Å². The van der Waals surface area contributed by atoms with Crippen LogP contribution in [0.25, 0.3) is 0 Å². The summed E-state index contributed by atoms with van der Waals surface area (Å²) in [5.74, 6) is -3.88. The Kier molecular flexibility index (Phi) is 4.85. The Balaban J connectivity index is 2.02. The number of halogens is 2. The molecule has 21 heavy (non-hydrogen) atoms. The van der Waals surface area contributed by atoms with E-state index in [1.165, 1.54) is 0 Å². The molecule has 1 fully saturated rings.